The van der Waals surface area contributed by atoms with Gasteiger partial charge >= 0.3 is 0 Å². The van der Waals surface area contributed by atoms with Crippen LogP contribution in [0.5, 0.6) is 0 Å². The molecule has 2 fully saturated rings. The molecule has 0 spiro atoms. The number of nitrogens with two attached hydrogens (primary N) is 1. The summed E-state index contributed by atoms with van der Waals surface area (Å²) in [7, 11) is -3.84. The van der Waals surface area contributed by atoms with E-state index >= 15 is 0 Å². The van der Waals surface area contributed by atoms with Crippen LogP contribution in [-0.4, -0.2) is 68.2 Å². The molecule has 25 heavy (non-hydrogen) atoms. The van der Waals surface area contributed by atoms with Gasteiger partial charge in [-0.15, -0.1) is 12.4 Å². The number of piperazine rings is 1. The Hall–Kier alpha value is -1.62. The van der Waals surface area contributed by atoms with Crippen LogP contribution in [0.3, 0.4) is 0 Å². The third-order valence-electron chi connectivity index (χ3n) is 4.33. The van der Waals surface area contributed by atoms with Gasteiger partial charge in [0.2, 0.25) is 11.0 Å². The molecule has 9 nitrogen and oxygen atoms in total. The Bertz CT molecular complexity index is 736. The van der Waals surface area contributed by atoms with Gasteiger partial charge in [0.05, 0.1) is 6.04 Å². The first-order chi connectivity index (χ1) is 11.4. The van der Waals surface area contributed by atoms with Gasteiger partial charge in [0, 0.05) is 26.2 Å². The van der Waals surface area contributed by atoms with Crippen molar-refractivity contribution in [1.82, 2.24) is 14.5 Å². The molecule has 3 rings (SSSR count). The Balaban J connectivity index is 0.00000225. The van der Waals surface area contributed by atoms with Crippen LogP contribution in [0.4, 0.5) is 0 Å². The summed E-state index contributed by atoms with van der Waals surface area (Å²) in [6.45, 7) is 1.88. The minimum absolute atomic E-state index is 0. The minimum Gasteiger partial charge on any atom is -0.438 e. The summed E-state index contributed by atoms with van der Waals surface area (Å²) < 4.78 is 31.3. The average Bonchev–Trinajstić information content (AvgIpc) is 3.26. The van der Waals surface area contributed by atoms with Gasteiger partial charge in [-0.2, -0.15) is 4.31 Å². The Kier molecular flexibility index (Phi) is 6.09. The molecule has 2 saturated heterocycles. The molecular formula is C14H21ClN4O5S. The second-order valence-electron chi connectivity index (χ2n) is 5.86. The van der Waals surface area contributed by atoms with Gasteiger partial charge in [-0.25, -0.2) is 8.42 Å². The largest absolute Gasteiger partial charge is 0.438 e. The van der Waals surface area contributed by atoms with Crippen LogP contribution < -0.4 is 11.1 Å². The normalized spacial score (nSPS) is 21.8. The molecule has 11 heteroatoms. The number of halogens is 1. The SMILES string of the molecule is Cl.NC(=O)c1ccc(S(=O)(=O)N2CCN(C(=O)C3CCCN3)CC2)o1. The summed E-state index contributed by atoms with van der Waals surface area (Å²) in [5, 5.41) is 2.84. The van der Waals surface area contributed by atoms with E-state index in [1.165, 1.54) is 16.4 Å². The van der Waals surface area contributed by atoms with Gasteiger partial charge in [-0.05, 0) is 31.5 Å². The maximum atomic E-state index is 12.5. The number of furan rings is 1. The van der Waals surface area contributed by atoms with Crippen LogP contribution in [-0.2, 0) is 14.8 Å². The standard InChI is InChI=1S/C14H20N4O5S.ClH/c15-13(19)11-3-4-12(23-11)24(21,22)18-8-6-17(7-9-18)14(20)10-2-1-5-16-10;/h3-4,10,16H,1-2,5-9H2,(H2,15,19);1H. The maximum Gasteiger partial charge on any atom is 0.284 e. The van der Waals surface area contributed by atoms with E-state index in [4.69, 9.17) is 10.2 Å². The topological polar surface area (TPSA) is 126 Å². The fraction of sp³-hybridized carbons (Fsp3) is 0.571. The van der Waals surface area contributed by atoms with E-state index in [1.807, 2.05) is 0 Å². The molecule has 0 saturated carbocycles. The zero-order chi connectivity index (χ0) is 17.3. The van der Waals surface area contributed by atoms with Crippen molar-refractivity contribution in [2.24, 2.45) is 5.73 Å². The van der Waals surface area contributed by atoms with Gasteiger partial charge in [0.15, 0.2) is 5.76 Å². The van der Waals surface area contributed by atoms with Gasteiger partial charge in [-0.3, -0.25) is 9.59 Å². The summed E-state index contributed by atoms with van der Waals surface area (Å²) in [5.41, 5.74) is 5.07. The molecule has 3 N–H and O–H groups in total. The molecule has 2 aliphatic rings. The molecule has 0 aromatic carbocycles. The first-order valence-corrected chi connectivity index (χ1v) is 9.25. The van der Waals surface area contributed by atoms with Crippen LogP contribution >= 0.6 is 12.4 Å². The second-order valence-corrected chi connectivity index (χ2v) is 7.73. The van der Waals surface area contributed by atoms with E-state index in [2.05, 4.69) is 5.32 Å². The molecule has 1 aromatic rings. The molecule has 0 radical (unpaired) electrons. The highest BCUT2D eigenvalue weighted by molar-refractivity contribution is 7.89. The first-order valence-electron chi connectivity index (χ1n) is 7.81. The van der Waals surface area contributed by atoms with E-state index in [9.17, 15) is 18.0 Å². The first kappa shape index (κ1) is 19.7. The van der Waals surface area contributed by atoms with Crippen molar-refractivity contribution in [3.05, 3.63) is 17.9 Å². The molecule has 2 amide bonds. The highest BCUT2D eigenvalue weighted by Crippen LogP contribution is 2.21. The Morgan fingerprint density at radius 1 is 1.20 bits per heavy atom. The summed E-state index contributed by atoms with van der Waals surface area (Å²) in [6.07, 6.45) is 1.80. The van der Waals surface area contributed by atoms with E-state index < -0.39 is 15.9 Å². The Labute approximate surface area is 152 Å². The molecule has 1 atom stereocenters. The van der Waals surface area contributed by atoms with Crippen molar-refractivity contribution in [3.63, 3.8) is 0 Å². The summed E-state index contributed by atoms with van der Waals surface area (Å²) in [4.78, 5) is 25.0. The monoisotopic (exact) mass is 392 g/mol. The zero-order valence-corrected chi connectivity index (χ0v) is 15.1. The Morgan fingerprint density at radius 2 is 1.88 bits per heavy atom. The highest BCUT2D eigenvalue weighted by atomic mass is 35.5. The van der Waals surface area contributed by atoms with E-state index in [0.717, 1.165) is 19.4 Å². The maximum absolute atomic E-state index is 12.5. The number of amides is 2. The third kappa shape index (κ3) is 3.97. The fourth-order valence-electron chi connectivity index (χ4n) is 2.98. The van der Waals surface area contributed by atoms with Crippen molar-refractivity contribution in [2.45, 2.75) is 24.0 Å². The molecule has 140 valence electrons. The summed E-state index contributed by atoms with van der Waals surface area (Å²) in [5.74, 6) is -0.996. The lowest BCUT2D eigenvalue weighted by atomic mass is 10.2. The van der Waals surface area contributed by atoms with Crippen LogP contribution in [0.15, 0.2) is 21.6 Å². The molecule has 1 unspecified atom stereocenters. The number of rotatable bonds is 4. The van der Waals surface area contributed by atoms with Crippen LogP contribution in [0, 0.1) is 0 Å². The predicted octanol–water partition coefficient (Wildman–Crippen LogP) is -0.615. The van der Waals surface area contributed by atoms with E-state index in [-0.39, 0.29) is 48.3 Å². The summed E-state index contributed by atoms with van der Waals surface area (Å²) >= 11 is 0. The smallest absolute Gasteiger partial charge is 0.284 e. The highest BCUT2D eigenvalue weighted by Gasteiger charge is 2.34. The van der Waals surface area contributed by atoms with E-state index in [0.29, 0.717) is 13.1 Å². The number of carbonyl (C=O) groups is 2. The van der Waals surface area contributed by atoms with Crippen molar-refractivity contribution in [2.75, 3.05) is 32.7 Å². The molecule has 2 aliphatic heterocycles. The zero-order valence-electron chi connectivity index (χ0n) is 13.5. The van der Waals surface area contributed by atoms with Gasteiger partial charge in [0.1, 0.15) is 0 Å². The molecule has 1 aromatic heterocycles. The quantitative estimate of drug-likeness (QED) is 0.703. The van der Waals surface area contributed by atoms with Crippen molar-refractivity contribution in [3.8, 4) is 0 Å². The number of primary amides is 1. The van der Waals surface area contributed by atoms with Gasteiger partial charge in [-0.1, -0.05) is 0 Å². The lowest BCUT2D eigenvalue weighted by Crippen LogP contribution is -2.54. The number of nitrogens with one attached hydrogen (secondary N) is 1. The van der Waals surface area contributed by atoms with Gasteiger partial charge in [0.25, 0.3) is 15.9 Å². The van der Waals surface area contributed by atoms with Crippen LogP contribution in [0.1, 0.15) is 23.4 Å². The number of sulfonamides is 1. The molecular weight excluding hydrogens is 372 g/mol. The third-order valence-corrected chi connectivity index (χ3v) is 6.10. The fourth-order valence-corrected chi connectivity index (χ4v) is 4.32. The second kappa shape index (κ2) is 7.73. The van der Waals surface area contributed by atoms with Crippen LogP contribution in [0.25, 0.3) is 0 Å². The number of hydrogen-bond donors (Lipinski definition) is 2. The number of hydrogen-bond acceptors (Lipinski definition) is 6. The van der Waals surface area contributed by atoms with Crippen molar-refractivity contribution < 1.29 is 22.4 Å². The van der Waals surface area contributed by atoms with Crippen molar-refractivity contribution in [1.29, 1.82) is 0 Å². The number of nitrogens with zero attached hydrogens (tertiary/aromatic N) is 2. The van der Waals surface area contributed by atoms with Crippen molar-refractivity contribution >= 4 is 34.2 Å². The Morgan fingerprint density at radius 3 is 2.40 bits per heavy atom. The lowest BCUT2D eigenvalue weighted by Gasteiger charge is -2.34. The molecule has 0 aliphatic carbocycles. The lowest BCUT2D eigenvalue weighted by molar-refractivity contribution is -0.134. The predicted molar refractivity (Wildman–Crippen MR) is 90.8 cm³/mol. The summed E-state index contributed by atoms with van der Waals surface area (Å²) in [6, 6.07) is 2.30. The van der Waals surface area contributed by atoms with E-state index in [1.54, 1.807) is 4.90 Å². The van der Waals surface area contributed by atoms with Gasteiger partial charge < -0.3 is 20.4 Å². The minimum atomic E-state index is -3.84. The number of carbonyl (C=O) groups excluding carboxylic acids is 2. The molecule has 0 bridgehead atoms. The average molecular weight is 393 g/mol. The molecule has 3 heterocycles. The van der Waals surface area contributed by atoms with Crippen LogP contribution in [0.2, 0.25) is 0 Å².